The average molecular weight is 310 g/mol. The fourth-order valence-electron chi connectivity index (χ4n) is 1.63. The first-order chi connectivity index (χ1) is 9.54. The van der Waals surface area contributed by atoms with E-state index in [0.29, 0.717) is 6.61 Å². The average Bonchev–Trinajstić information content (AvgIpc) is 3.08. The molecule has 6 heteroatoms. The van der Waals surface area contributed by atoms with Gasteiger partial charge in [-0.25, -0.2) is 4.98 Å². The smallest absolute Gasteiger partial charge is 0.317 e. The standard InChI is InChI=1S/C14H18N2O2S2/c1-4-18-12(17)14(2,3)11-9-20-13(16-11)15-7-10-5-6-19-8-10/h5-6,8-9H,4,7H2,1-3H3,(H,15,16). The van der Waals surface area contributed by atoms with Crippen LogP contribution in [0.3, 0.4) is 0 Å². The summed E-state index contributed by atoms with van der Waals surface area (Å²) in [7, 11) is 0. The maximum absolute atomic E-state index is 11.9. The molecule has 0 amide bonds. The van der Waals surface area contributed by atoms with Gasteiger partial charge in [0.15, 0.2) is 5.13 Å². The molecular formula is C14H18N2O2S2. The van der Waals surface area contributed by atoms with E-state index in [1.807, 2.05) is 31.5 Å². The van der Waals surface area contributed by atoms with Gasteiger partial charge in [0, 0.05) is 11.9 Å². The van der Waals surface area contributed by atoms with Gasteiger partial charge in [-0.15, -0.1) is 11.3 Å². The lowest BCUT2D eigenvalue weighted by Gasteiger charge is -2.19. The Morgan fingerprint density at radius 2 is 2.25 bits per heavy atom. The first-order valence-electron chi connectivity index (χ1n) is 6.42. The molecule has 108 valence electrons. The molecule has 0 radical (unpaired) electrons. The summed E-state index contributed by atoms with van der Waals surface area (Å²) in [6.45, 7) is 6.61. The molecule has 0 bridgehead atoms. The Balaban J connectivity index is 2.02. The molecule has 0 aliphatic heterocycles. The quantitative estimate of drug-likeness (QED) is 0.827. The SMILES string of the molecule is CCOC(=O)C(C)(C)c1csc(NCc2ccsc2)n1. The highest BCUT2D eigenvalue weighted by Crippen LogP contribution is 2.28. The summed E-state index contributed by atoms with van der Waals surface area (Å²) in [6.07, 6.45) is 0. The fraction of sp³-hybridized carbons (Fsp3) is 0.429. The molecule has 0 unspecified atom stereocenters. The van der Waals surface area contributed by atoms with Crippen LogP contribution in [0.2, 0.25) is 0 Å². The number of carbonyl (C=O) groups is 1. The van der Waals surface area contributed by atoms with E-state index >= 15 is 0 Å². The number of ether oxygens (including phenoxy) is 1. The number of rotatable bonds is 6. The number of aromatic nitrogens is 1. The predicted molar refractivity (Wildman–Crippen MR) is 83.4 cm³/mol. The summed E-state index contributed by atoms with van der Waals surface area (Å²) in [4.78, 5) is 16.4. The van der Waals surface area contributed by atoms with Crippen LogP contribution >= 0.6 is 22.7 Å². The Labute approximate surface area is 126 Å². The van der Waals surface area contributed by atoms with Crippen LogP contribution in [0.15, 0.2) is 22.2 Å². The lowest BCUT2D eigenvalue weighted by molar-refractivity contribution is -0.148. The van der Waals surface area contributed by atoms with Crippen LogP contribution in [-0.2, 0) is 21.5 Å². The highest BCUT2D eigenvalue weighted by atomic mass is 32.1. The van der Waals surface area contributed by atoms with Gasteiger partial charge in [0.25, 0.3) is 0 Å². The first kappa shape index (κ1) is 15.0. The molecule has 0 aromatic carbocycles. The minimum Gasteiger partial charge on any atom is -0.465 e. The van der Waals surface area contributed by atoms with Crippen molar-refractivity contribution >= 4 is 33.8 Å². The molecule has 0 fully saturated rings. The molecule has 2 aromatic rings. The van der Waals surface area contributed by atoms with E-state index < -0.39 is 5.41 Å². The van der Waals surface area contributed by atoms with Crippen molar-refractivity contribution in [3.8, 4) is 0 Å². The summed E-state index contributed by atoms with van der Waals surface area (Å²) in [5.74, 6) is -0.241. The first-order valence-corrected chi connectivity index (χ1v) is 8.24. The number of thiophene rings is 1. The predicted octanol–water partition coefficient (Wildman–Crippen LogP) is 3.66. The van der Waals surface area contributed by atoms with Crippen molar-refractivity contribution in [1.29, 1.82) is 0 Å². The van der Waals surface area contributed by atoms with E-state index in [2.05, 4.69) is 21.7 Å². The van der Waals surface area contributed by atoms with Crippen LogP contribution in [0.25, 0.3) is 0 Å². The number of carbonyl (C=O) groups excluding carboxylic acids is 1. The van der Waals surface area contributed by atoms with Crippen molar-refractivity contribution in [2.24, 2.45) is 0 Å². The summed E-state index contributed by atoms with van der Waals surface area (Å²) in [5.41, 5.74) is 1.26. The van der Waals surface area contributed by atoms with Gasteiger partial charge >= 0.3 is 5.97 Å². The van der Waals surface area contributed by atoms with Gasteiger partial charge in [-0.2, -0.15) is 11.3 Å². The topological polar surface area (TPSA) is 51.2 Å². The summed E-state index contributed by atoms with van der Waals surface area (Å²) in [5, 5.41) is 10.2. The molecule has 2 rings (SSSR count). The van der Waals surface area contributed by atoms with Gasteiger partial charge in [-0.05, 0) is 43.2 Å². The number of esters is 1. The van der Waals surface area contributed by atoms with Crippen molar-refractivity contribution in [2.45, 2.75) is 32.7 Å². The van der Waals surface area contributed by atoms with Gasteiger partial charge in [0.05, 0.1) is 12.3 Å². The third-order valence-corrected chi connectivity index (χ3v) is 4.49. The van der Waals surface area contributed by atoms with Gasteiger partial charge < -0.3 is 10.1 Å². The molecule has 1 N–H and O–H groups in total. The van der Waals surface area contributed by atoms with Crippen molar-refractivity contribution < 1.29 is 9.53 Å². The second-order valence-electron chi connectivity index (χ2n) is 4.87. The van der Waals surface area contributed by atoms with Crippen LogP contribution in [0, 0.1) is 0 Å². The van der Waals surface area contributed by atoms with Crippen molar-refractivity contribution in [3.63, 3.8) is 0 Å². The van der Waals surface area contributed by atoms with Gasteiger partial charge in [0.2, 0.25) is 0 Å². The summed E-state index contributed by atoms with van der Waals surface area (Å²) < 4.78 is 5.10. The largest absolute Gasteiger partial charge is 0.465 e. The highest BCUT2D eigenvalue weighted by Gasteiger charge is 2.33. The number of hydrogen-bond acceptors (Lipinski definition) is 6. The van der Waals surface area contributed by atoms with E-state index in [1.165, 1.54) is 16.9 Å². The lowest BCUT2D eigenvalue weighted by Crippen LogP contribution is -2.31. The fourth-order valence-corrected chi connectivity index (χ4v) is 3.17. The van der Waals surface area contributed by atoms with E-state index in [9.17, 15) is 4.79 Å². The second kappa shape index (κ2) is 6.37. The Morgan fingerprint density at radius 3 is 2.90 bits per heavy atom. The van der Waals surface area contributed by atoms with Crippen molar-refractivity contribution in [2.75, 3.05) is 11.9 Å². The third-order valence-electron chi connectivity index (χ3n) is 2.95. The van der Waals surface area contributed by atoms with E-state index in [1.54, 1.807) is 11.3 Å². The van der Waals surface area contributed by atoms with Crippen LogP contribution < -0.4 is 5.32 Å². The molecule has 0 spiro atoms. The number of hydrogen-bond donors (Lipinski definition) is 1. The second-order valence-corrected chi connectivity index (χ2v) is 6.51. The maximum Gasteiger partial charge on any atom is 0.317 e. The molecule has 0 aliphatic carbocycles. The number of nitrogens with one attached hydrogen (secondary N) is 1. The minimum atomic E-state index is -0.713. The Hall–Kier alpha value is -1.40. The monoisotopic (exact) mass is 310 g/mol. The summed E-state index contributed by atoms with van der Waals surface area (Å²) >= 11 is 3.18. The molecule has 2 heterocycles. The normalized spacial score (nSPS) is 11.3. The molecule has 0 saturated carbocycles. The Bertz CT molecular complexity index is 562. The van der Waals surface area contributed by atoms with Crippen molar-refractivity contribution in [3.05, 3.63) is 33.5 Å². The lowest BCUT2D eigenvalue weighted by atomic mass is 9.90. The Morgan fingerprint density at radius 1 is 1.45 bits per heavy atom. The van der Waals surface area contributed by atoms with Gasteiger partial charge in [-0.1, -0.05) is 0 Å². The molecule has 0 atom stereocenters. The zero-order chi connectivity index (χ0) is 14.6. The Kier molecular flexibility index (Phi) is 4.77. The van der Waals surface area contributed by atoms with Crippen LogP contribution in [0.4, 0.5) is 5.13 Å². The molecule has 0 aliphatic rings. The van der Waals surface area contributed by atoms with E-state index in [0.717, 1.165) is 17.4 Å². The molecule has 2 aromatic heterocycles. The third kappa shape index (κ3) is 3.37. The van der Waals surface area contributed by atoms with E-state index in [-0.39, 0.29) is 5.97 Å². The van der Waals surface area contributed by atoms with Gasteiger partial charge in [0.1, 0.15) is 5.41 Å². The maximum atomic E-state index is 11.9. The number of nitrogens with zero attached hydrogens (tertiary/aromatic N) is 1. The highest BCUT2D eigenvalue weighted by molar-refractivity contribution is 7.13. The van der Waals surface area contributed by atoms with Crippen LogP contribution in [-0.4, -0.2) is 17.6 Å². The molecule has 0 saturated heterocycles. The van der Waals surface area contributed by atoms with Crippen LogP contribution in [0.5, 0.6) is 0 Å². The minimum absolute atomic E-state index is 0.241. The molecule has 4 nitrogen and oxygen atoms in total. The van der Waals surface area contributed by atoms with Crippen LogP contribution in [0.1, 0.15) is 32.0 Å². The molecular weight excluding hydrogens is 292 g/mol. The zero-order valence-corrected chi connectivity index (χ0v) is 13.4. The zero-order valence-electron chi connectivity index (χ0n) is 11.8. The van der Waals surface area contributed by atoms with Gasteiger partial charge in [-0.3, -0.25) is 4.79 Å². The van der Waals surface area contributed by atoms with Crippen molar-refractivity contribution in [1.82, 2.24) is 4.98 Å². The molecule has 20 heavy (non-hydrogen) atoms. The number of anilines is 1. The summed E-state index contributed by atoms with van der Waals surface area (Å²) in [6, 6.07) is 2.08. The number of thiazole rings is 1. The van der Waals surface area contributed by atoms with E-state index in [4.69, 9.17) is 4.74 Å².